The molecule has 21 heavy (non-hydrogen) atoms. The minimum absolute atomic E-state index is 0.0148. The summed E-state index contributed by atoms with van der Waals surface area (Å²) in [5, 5.41) is 6.22. The molecular weight excluding hydrogens is 264 g/mol. The third kappa shape index (κ3) is 6.14. The molecule has 0 aliphatic heterocycles. The van der Waals surface area contributed by atoms with Gasteiger partial charge in [0.15, 0.2) is 0 Å². The van der Waals surface area contributed by atoms with Crippen LogP contribution in [0.5, 0.6) is 0 Å². The maximum absolute atomic E-state index is 11.7. The third-order valence-electron chi connectivity index (χ3n) is 2.97. The number of amides is 1. The fraction of sp³-hybridized carbons (Fsp3) is 0.312. The van der Waals surface area contributed by atoms with Crippen molar-refractivity contribution in [3.63, 3.8) is 0 Å². The molecule has 0 spiro atoms. The molecule has 2 aromatic heterocycles. The van der Waals surface area contributed by atoms with Crippen molar-refractivity contribution in [3.05, 3.63) is 60.2 Å². The number of hydrogen-bond acceptors (Lipinski definition) is 4. The Morgan fingerprint density at radius 3 is 2.81 bits per heavy atom. The van der Waals surface area contributed by atoms with Gasteiger partial charge in [-0.3, -0.25) is 14.8 Å². The van der Waals surface area contributed by atoms with Gasteiger partial charge in [-0.05, 0) is 36.7 Å². The zero-order valence-corrected chi connectivity index (χ0v) is 12.0. The van der Waals surface area contributed by atoms with Crippen LogP contribution in [0.25, 0.3) is 0 Å². The van der Waals surface area contributed by atoms with Crippen molar-refractivity contribution in [3.8, 4) is 0 Å². The molecule has 0 unspecified atom stereocenters. The lowest BCUT2D eigenvalue weighted by atomic mass is 10.2. The number of nitrogens with one attached hydrogen (secondary N) is 2. The van der Waals surface area contributed by atoms with Gasteiger partial charge in [-0.2, -0.15) is 0 Å². The molecule has 0 aliphatic carbocycles. The fourth-order valence-corrected chi connectivity index (χ4v) is 1.91. The molecule has 0 bridgehead atoms. The molecule has 0 aromatic carbocycles. The first kappa shape index (κ1) is 15.1. The first-order chi connectivity index (χ1) is 10.3. The quantitative estimate of drug-likeness (QED) is 0.717. The molecule has 0 aliphatic rings. The Balaban J connectivity index is 1.52. The second-order valence-electron chi connectivity index (χ2n) is 4.74. The lowest BCUT2D eigenvalue weighted by Crippen LogP contribution is -2.28. The Morgan fingerprint density at radius 2 is 2.05 bits per heavy atom. The van der Waals surface area contributed by atoms with E-state index in [4.69, 9.17) is 0 Å². The molecule has 1 amide bonds. The summed E-state index contributed by atoms with van der Waals surface area (Å²) in [4.78, 5) is 19.9. The van der Waals surface area contributed by atoms with Crippen molar-refractivity contribution < 1.29 is 4.79 Å². The van der Waals surface area contributed by atoms with Crippen molar-refractivity contribution in [2.75, 3.05) is 13.1 Å². The van der Waals surface area contributed by atoms with E-state index in [1.807, 2.05) is 36.5 Å². The zero-order chi connectivity index (χ0) is 14.8. The van der Waals surface area contributed by atoms with Crippen molar-refractivity contribution in [2.24, 2.45) is 0 Å². The van der Waals surface area contributed by atoms with E-state index in [0.717, 1.165) is 30.8 Å². The van der Waals surface area contributed by atoms with Crippen molar-refractivity contribution in [2.45, 2.75) is 19.4 Å². The predicted octanol–water partition coefficient (Wildman–Crippen LogP) is 1.32. The van der Waals surface area contributed by atoms with Gasteiger partial charge < -0.3 is 10.6 Å². The summed E-state index contributed by atoms with van der Waals surface area (Å²) in [6, 6.07) is 9.55. The van der Waals surface area contributed by atoms with E-state index in [2.05, 4.69) is 20.6 Å². The molecule has 0 radical (unpaired) electrons. The Morgan fingerprint density at radius 1 is 1.10 bits per heavy atom. The van der Waals surface area contributed by atoms with Crippen LogP contribution >= 0.6 is 0 Å². The largest absolute Gasteiger partial charge is 0.356 e. The summed E-state index contributed by atoms with van der Waals surface area (Å²) < 4.78 is 0. The van der Waals surface area contributed by atoms with Crippen LogP contribution in [0.3, 0.4) is 0 Å². The lowest BCUT2D eigenvalue weighted by molar-refractivity contribution is -0.120. The summed E-state index contributed by atoms with van der Waals surface area (Å²) >= 11 is 0. The van der Waals surface area contributed by atoms with Gasteiger partial charge >= 0.3 is 0 Å². The number of nitrogens with zero attached hydrogens (tertiary/aromatic N) is 2. The van der Waals surface area contributed by atoms with Crippen LogP contribution in [-0.4, -0.2) is 29.0 Å². The Kier molecular flexibility index (Phi) is 6.35. The molecule has 0 atom stereocenters. The minimum Gasteiger partial charge on any atom is -0.356 e. The third-order valence-corrected chi connectivity index (χ3v) is 2.97. The maximum atomic E-state index is 11.7. The highest BCUT2D eigenvalue weighted by molar-refractivity contribution is 5.77. The normalized spacial score (nSPS) is 10.3. The molecule has 0 saturated heterocycles. The molecule has 5 heteroatoms. The van der Waals surface area contributed by atoms with Gasteiger partial charge in [0.2, 0.25) is 5.91 Å². The van der Waals surface area contributed by atoms with E-state index >= 15 is 0 Å². The van der Waals surface area contributed by atoms with E-state index in [1.54, 1.807) is 12.4 Å². The van der Waals surface area contributed by atoms with Crippen molar-refractivity contribution in [1.82, 2.24) is 20.6 Å². The standard InChI is InChI=1S/C16H20N4O/c21-16(11-15-6-1-2-9-19-15)20-10-4-8-18-13-14-5-3-7-17-12-14/h1-3,5-7,9,12,18H,4,8,10-11,13H2,(H,20,21). The minimum atomic E-state index is 0.0148. The molecule has 0 saturated carbocycles. The molecular formula is C16H20N4O. The summed E-state index contributed by atoms with van der Waals surface area (Å²) in [5.41, 5.74) is 1.96. The van der Waals surface area contributed by atoms with Crippen LogP contribution in [0.4, 0.5) is 0 Å². The SMILES string of the molecule is O=C(Cc1ccccn1)NCCCNCc1cccnc1. The highest BCUT2D eigenvalue weighted by atomic mass is 16.1. The monoisotopic (exact) mass is 284 g/mol. The first-order valence-corrected chi connectivity index (χ1v) is 7.11. The Bertz CT molecular complexity index is 530. The highest BCUT2D eigenvalue weighted by Gasteiger charge is 2.02. The number of carbonyl (C=O) groups excluding carboxylic acids is 1. The first-order valence-electron chi connectivity index (χ1n) is 7.11. The molecule has 2 N–H and O–H groups in total. The smallest absolute Gasteiger partial charge is 0.226 e. The van der Waals surface area contributed by atoms with E-state index in [9.17, 15) is 4.79 Å². The topological polar surface area (TPSA) is 66.9 Å². The summed E-state index contributed by atoms with van der Waals surface area (Å²) in [6.07, 6.45) is 6.55. The van der Waals surface area contributed by atoms with Gasteiger partial charge in [0.1, 0.15) is 0 Å². The van der Waals surface area contributed by atoms with E-state index in [1.165, 1.54) is 0 Å². The molecule has 110 valence electrons. The summed E-state index contributed by atoms with van der Waals surface area (Å²) in [5.74, 6) is 0.0148. The van der Waals surface area contributed by atoms with Gasteiger partial charge in [0.05, 0.1) is 6.42 Å². The van der Waals surface area contributed by atoms with Crippen LogP contribution < -0.4 is 10.6 Å². The number of carbonyl (C=O) groups is 1. The second-order valence-corrected chi connectivity index (χ2v) is 4.74. The zero-order valence-electron chi connectivity index (χ0n) is 12.0. The highest BCUT2D eigenvalue weighted by Crippen LogP contribution is 1.95. The second kappa shape index (κ2) is 8.81. The summed E-state index contributed by atoms with van der Waals surface area (Å²) in [6.45, 7) is 2.33. The maximum Gasteiger partial charge on any atom is 0.226 e. The van der Waals surface area contributed by atoms with Crippen LogP contribution in [0.2, 0.25) is 0 Å². The van der Waals surface area contributed by atoms with Crippen LogP contribution in [0, 0.1) is 0 Å². The molecule has 2 aromatic rings. The lowest BCUT2D eigenvalue weighted by Gasteiger charge is -2.06. The van der Waals surface area contributed by atoms with Crippen LogP contribution in [0.15, 0.2) is 48.9 Å². The van der Waals surface area contributed by atoms with Crippen LogP contribution in [0.1, 0.15) is 17.7 Å². The Labute approximate surface area is 124 Å². The number of hydrogen-bond donors (Lipinski definition) is 2. The number of rotatable bonds is 8. The molecule has 2 heterocycles. The van der Waals surface area contributed by atoms with Gasteiger partial charge in [0.25, 0.3) is 0 Å². The Hall–Kier alpha value is -2.27. The van der Waals surface area contributed by atoms with Crippen molar-refractivity contribution in [1.29, 1.82) is 0 Å². The molecule has 5 nitrogen and oxygen atoms in total. The predicted molar refractivity (Wildman–Crippen MR) is 81.5 cm³/mol. The van der Waals surface area contributed by atoms with E-state index in [0.29, 0.717) is 13.0 Å². The molecule has 2 rings (SSSR count). The van der Waals surface area contributed by atoms with Gasteiger partial charge in [-0.15, -0.1) is 0 Å². The van der Waals surface area contributed by atoms with Crippen LogP contribution in [-0.2, 0) is 17.8 Å². The number of pyridine rings is 2. The molecule has 0 fully saturated rings. The average molecular weight is 284 g/mol. The van der Waals surface area contributed by atoms with Gasteiger partial charge in [0, 0.05) is 37.4 Å². The van der Waals surface area contributed by atoms with E-state index in [-0.39, 0.29) is 5.91 Å². The van der Waals surface area contributed by atoms with Gasteiger partial charge in [-0.1, -0.05) is 12.1 Å². The number of aromatic nitrogens is 2. The van der Waals surface area contributed by atoms with E-state index < -0.39 is 0 Å². The van der Waals surface area contributed by atoms with Crippen molar-refractivity contribution >= 4 is 5.91 Å². The summed E-state index contributed by atoms with van der Waals surface area (Å²) in [7, 11) is 0. The fourth-order valence-electron chi connectivity index (χ4n) is 1.91. The average Bonchev–Trinajstić information content (AvgIpc) is 2.53. The van der Waals surface area contributed by atoms with Gasteiger partial charge in [-0.25, -0.2) is 0 Å².